The van der Waals surface area contributed by atoms with E-state index in [4.69, 9.17) is 4.74 Å². The summed E-state index contributed by atoms with van der Waals surface area (Å²) in [4.78, 5) is 44.0. The highest BCUT2D eigenvalue weighted by Crippen LogP contribution is 2.44. The summed E-state index contributed by atoms with van der Waals surface area (Å²) in [5.74, 6) is -1.67. The SMILES string of the molecule is Cc1ncsc1-c1ccc(CNC(=O)[C@@H]2C[C@@H](O)CN2C(=N)[C@@H](NC(=O)CCCN2CCN(CCCOc3cc(F)c([C@@H]4c5[nH]c6ccccc6c5C[C@@H](C)N4CC(C)(C)F)c(F)c3)CC2)C(C)(C)C)cc1. The van der Waals surface area contributed by atoms with E-state index in [0.29, 0.717) is 31.5 Å². The van der Waals surface area contributed by atoms with E-state index in [-0.39, 0.29) is 67.5 Å². The standard InChI is InChI=1S/C55H72F3N9O4S/c1-34-26-41-40-12-8-9-13-44(40)62-48(41)49(67(34)32-55(6,7)58)47-42(56)28-39(29-43(47)57)71-25-11-20-65-23-21-64(22-24-65)19-10-14-46(69)63-51(54(3,4)5)52(59)66-31-38(68)27-45(66)53(70)60-30-36-15-17-37(18-16-36)50-35(2)61-33-72-50/h8-9,12-13,15-18,28-29,33-34,38,45,49,51,59,62,68H,10-11,14,19-27,30-32H2,1-7H3,(H,60,70)(H,63,69)/t34-,38-,45+,49-,51-/m1/s1. The Morgan fingerprint density at radius 1 is 0.986 bits per heavy atom. The van der Waals surface area contributed by atoms with Gasteiger partial charge in [0.1, 0.15) is 34.9 Å². The van der Waals surface area contributed by atoms with Crippen molar-refractivity contribution < 1.29 is 32.6 Å². The second kappa shape index (κ2) is 22.4. The first-order chi connectivity index (χ1) is 34.2. The van der Waals surface area contributed by atoms with Gasteiger partial charge in [0.2, 0.25) is 11.8 Å². The van der Waals surface area contributed by atoms with Crippen LogP contribution in [0.25, 0.3) is 21.3 Å². The lowest BCUT2D eigenvalue weighted by Gasteiger charge is -2.43. The molecule has 13 nitrogen and oxygen atoms in total. The first kappa shape index (κ1) is 53.0. The van der Waals surface area contributed by atoms with Crippen molar-refractivity contribution in [2.75, 3.05) is 59.0 Å². The zero-order valence-electron chi connectivity index (χ0n) is 42.8. The minimum absolute atomic E-state index is 0.00658. The number of ether oxygens (including phenoxy) is 1. The van der Waals surface area contributed by atoms with Crippen molar-refractivity contribution in [2.45, 2.75) is 123 Å². The fourth-order valence-electron chi connectivity index (χ4n) is 10.7. The summed E-state index contributed by atoms with van der Waals surface area (Å²) in [5, 5.41) is 27.1. The van der Waals surface area contributed by atoms with Crippen molar-refractivity contribution in [2.24, 2.45) is 5.41 Å². The van der Waals surface area contributed by atoms with E-state index in [0.717, 1.165) is 77.4 Å². The Morgan fingerprint density at radius 2 is 1.65 bits per heavy atom. The molecule has 5 heterocycles. The van der Waals surface area contributed by atoms with Crippen molar-refractivity contribution in [3.63, 3.8) is 0 Å². The van der Waals surface area contributed by atoms with Crippen LogP contribution in [0.5, 0.6) is 5.75 Å². The number of hydrogen-bond acceptors (Lipinski definition) is 10. The number of aromatic amines is 1. The first-order valence-corrected chi connectivity index (χ1v) is 26.3. The molecule has 3 aliphatic heterocycles. The van der Waals surface area contributed by atoms with Gasteiger partial charge in [-0.05, 0) is 81.7 Å². The number of halogens is 3. The van der Waals surface area contributed by atoms with E-state index < -0.39 is 46.9 Å². The molecular formula is C55H72F3N9O4S. The number of benzene rings is 3. The topological polar surface area (TPSA) is 153 Å². The number of thiazole rings is 1. The van der Waals surface area contributed by atoms with Gasteiger partial charge in [-0.3, -0.25) is 19.9 Å². The number of aromatic nitrogens is 2. The van der Waals surface area contributed by atoms with Crippen molar-refractivity contribution >= 4 is 39.9 Å². The highest BCUT2D eigenvalue weighted by Gasteiger charge is 2.43. The van der Waals surface area contributed by atoms with E-state index >= 15 is 13.2 Å². The number of H-pyrrole nitrogens is 1. The number of aryl methyl sites for hydroxylation is 1. The summed E-state index contributed by atoms with van der Waals surface area (Å²) >= 11 is 1.59. The van der Waals surface area contributed by atoms with Crippen molar-refractivity contribution in [3.8, 4) is 16.2 Å². The van der Waals surface area contributed by atoms with Crippen LogP contribution in [0.2, 0.25) is 0 Å². The van der Waals surface area contributed by atoms with Crippen LogP contribution < -0.4 is 15.4 Å². The van der Waals surface area contributed by atoms with Gasteiger partial charge in [-0.25, -0.2) is 18.2 Å². The van der Waals surface area contributed by atoms with Gasteiger partial charge in [0.25, 0.3) is 0 Å². The molecule has 3 aliphatic rings. The highest BCUT2D eigenvalue weighted by atomic mass is 32.1. The van der Waals surface area contributed by atoms with Gasteiger partial charge in [-0.1, -0.05) is 63.2 Å². The molecular weight excluding hydrogens is 940 g/mol. The van der Waals surface area contributed by atoms with Gasteiger partial charge in [0.05, 0.1) is 40.9 Å². The zero-order valence-corrected chi connectivity index (χ0v) is 43.6. The number of nitrogens with zero attached hydrogens (tertiary/aromatic N) is 5. The third-order valence-electron chi connectivity index (χ3n) is 14.4. The number of alkyl halides is 1. The molecule has 0 aliphatic carbocycles. The molecule has 0 unspecified atom stereocenters. The van der Waals surface area contributed by atoms with Gasteiger partial charge < -0.3 is 40.2 Å². The molecule has 2 saturated heterocycles. The van der Waals surface area contributed by atoms with Crippen LogP contribution in [-0.4, -0.2) is 141 Å². The predicted molar refractivity (Wildman–Crippen MR) is 278 cm³/mol. The molecule has 5 N–H and O–H groups in total. The number of piperazine rings is 1. The third-order valence-corrected chi connectivity index (χ3v) is 15.4. The summed E-state index contributed by atoms with van der Waals surface area (Å²) in [7, 11) is 0. The number of para-hydroxylation sites is 1. The lowest BCUT2D eigenvalue weighted by molar-refractivity contribution is -0.124. The molecule has 0 spiro atoms. The number of fused-ring (bicyclic) bond motifs is 3. The lowest BCUT2D eigenvalue weighted by Crippen LogP contribution is -2.57. The van der Waals surface area contributed by atoms with E-state index in [9.17, 15) is 20.1 Å². The fourth-order valence-corrected chi connectivity index (χ4v) is 11.5. The molecule has 0 bridgehead atoms. The van der Waals surface area contributed by atoms with Gasteiger partial charge in [0, 0.05) is 106 Å². The third kappa shape index (κ3) is 12.5. The molecule has 388 valence electrons. The number of amidine groups is 1. The van der Waals surface area contributed by atoms with E-state index in [2.05, 4.69) is 30.4 Å². The molecule has 5 aromatic rings. The van der Waals surface area contributed by atoms with Crippen LogP contribution >= 0.6 is 11.3 Å². The molecule has 5 atom stereocenters. The molecule has 2 amide bonds. The van der Waals surface area contributed by atoms with Crippen LogP contribution in [0.15, 0.2) is 66.2 Å². The summed E-state index contributed by atoms with van der Waals surface area (Å²) in [6.45, 7) is 18.4. The van der Waals surface area contributed by atoms with Gasteiger partial charge >= 0.3 is 0 Å². The normalized spacial score (nSPS) is 20.7. The minimum Gasteiger partial charge on any atom is -0.493 e. The van der Waals surface area contributed by atoms with Crippen molar-refractivity contribution in [1.29, 1.82) is 5.41 Å². The number of aliphatic hydroxyl groups is 1. The molecule has 8 rings (SSSR count). The van der Waals surface area contributed by atoms with Crippen molar-refractivity contribution in [3.05, 3.63) is 106 Å². The largest absolute Gasteiger partial charge is 0.493 e. The molecule has 0 radical (unpaired) electrons. The maximum atomic E-state index is 16.2. The fraction of sp³-hybridized carbons (Fsp3) is 0.527. The molecule has 72 heavy (non-hydrogen) atoms. The average molecular weight is 1010 g/mol. The number of hydrogen-bond donors (Lipinski definition) is 5. The van der Waals surface area contributed by atoms with Gasteiger partial charge in [-0.15, -0.1) is 11.3 Å². The minimum atomic E-state index is -1.59. The number of nitrogens with one attached hydrogen (secondary N) is 4. The number of likely N-dealkylation sites (tertiary alicyclic amines) is 1. The van der Waals surface area contributed by atoms with Crippen LogP contribution in [-0.2, 0) is 22.6 Å². The zero-order chi connectivity index (χ0) is 51.5. The molecule has 3 aromatic carbocycles. The molecule has 17 heteroatoms. The molecule has 2 fully saturated rings. The number of rotatable bonds is 18. The monoisotopic (exact) mass is 1010 g/mol. The molecule has 0 saturated carbocycles. The second-order valence-electron chi connectivity index (χ2n) is 21.7. The summed E-state index contributed by atoms with van der Waals surface area (Å²) in [6.07, 6.45) is 1.63. The summed E-state index contributed by atoms with van der Waals surface area (Å²) in [5.41, 5.74) is 5.13. The smallest absolute Gasteiger partial charge is 0.243 e. The average Bonchev–Trinajstić information content (AvgIpc) is 4.05. The predicted octanol–water partition coefficient (Wildman–Crippen LogP) is 8.39. The highest BCUT2D eigenvalue weighted by molar-refractivity contribution is 7.13. The Kier molecular flexibility index (Phi) is 16.5. The van der Waals surface area contributed by atoms with Crippen LogP contribution in [0.3, 0.4) is 0 Å². The van der Waals surface area contributed by atoms with Gasteiger partial charge in [-0.2, -0.15) is 0 Å². The van der Waals surface area contributed by atoms with E-state index in [1.54, 1.807) is 16.2 Å². The van der Waals surface area contributed by atoms with E-state index in [1.807, 2.05) is 93.6 Å². The number of aliphatic hydroxyl groups excluding tert-OH is 1. The maximum absolute atomic E-state index is 16.2. The number of carbonyl (C=O) groups excluding carboxylic acids is 2. The van der Waals surface area contributed by atoms with Crippen LogP contribution in [0, 0.1) is 29.4 Å². The van der Waals surface area contributed by atoms with Gasteiger partial charge in [0.15, 0.2) is 0 Å². The lowest BCUT2D eigenvalue weighted by atomic mass is 9.85. The Bertz CT molecular complexity index is 2670. The Morgan fingerprint density at radius 3 is 2.29 bits per heavy atom. The number of β-amino-alcohol motifs (C(OH)–C–C–N with tert-alkyl or cyclic N) is 1. The Hall–Kier alpha value is -5.33. The Labute approximate surface area is 426 Å². The summed E-state index contributed by atoms with van der Waals surface area (Å²) in [6, 6.07) is 15.9. The second-order valence-corrected chi connectivity index (χ2v) is 22.5. The Balaban J connectivity index is 0.768. The molecule has 2 aromatic heterocycles. The summed E-state index contributed by atoms with van der Waals surface area (Å²) < 4.78 is 53.5. The number of amides is 2. The number of carbonyl (C=O) groups is 2. The van der Waals surface area contributed by atoms with Crippen LogP contribution in [0.4, 0.5) is 13.2 Å². The van der Waals surface area contributed by atoms with Crippen molar-refractivity contribution in [1.82, 2.24) is 40.2 Å². The first-order valence-electron chi connectivity index (χ1n) is 25.4. The van der Waals surface area contributed by atoms with E-state index in [1.165, 1.54) is 26.0 Å². The van der Waals surface area contributed by atoms with Crippen LogP contribution in [0.1, 0.15) is 101 Å². The maximum Gasteiger partial charge on any atom is 0.243 e. The quantitative estimate of drug-likeness (QED) is 0.0331.